The summed E-state index contributed by atoms with van der Waals surface area (Å²) in [4.78, 5) is 8.72. The summed E-state index contributed by atoms with van der Waals surface area (Å²) >= 11 is 0. The minimum Gasteiger partial charge on any atom is -0.368 e. The molecule has 3 heterocycles. The highest BCUT2D eigenvalue weighted by Gasteiger charge is 2.13. The number of hydrogen-bond donors (Lipinski definition) is 2. The van der Waals surface area contributed by atoms with Crippen LogP contribution in [0.4, 0.5) is 11.9 Å². The van der Waals surface area contributed by atoms with Gasteiger partial charge in [-0.15, -0.1) is 10.2 Å². The van der Waals surface area contributed by atoms with Gasteiger partial charge in [0.15, 0.2) is 5.65 Å². The highest BCUT2D eigenvalue weighted by atomic mass is 15.3. The Kier molecular flexibility index (Phi) is 2.87. The largest absolute Gasteiger partial charge is 0.368 e. The number of hydrogen-bond acceptors (Lipinski definition) is 6. The lowest BCUT2D eigenvalue weighted by Crippen LogP contribution is -1.97. The van der Waals surface area contributed by atoms with Crippen molar-refractivity contribution in [2.75, 3.05) is 18.1 Å². The molecule has 0 fully saturated rings. The van der Waals surface area contributed by atoms with E-state index in [1.54, 1.807) is 11.4 Å². The maximum absolute atomic E-state index is 5.86. The Hall–Kier alpha value is -3.22. The quantitative estimate of drug-likeness (QED) is 0.590. The molecule has 0 aliphatic rings. The predicted octanol–water partition coefficient (Wildman–Crippen LogP) is 2.27. The molecule has 7 heteroatoms. The summed E-state index contributed by atoms with van der Waals surface area (Å²) in [6.45, 7) is 2.05. The zero-order valence-corrected chi connectivity index (χ0v) is 12.8. The molecule has 1 aromatic carbocycles. The fraction of sp³-hybridized carbons (Fsp3) is 0.125. The van der Waals surface area contributed by atoms with Gasteiger partial charge >= 0.3 is 0 Å². The Bertz CT molecular complexity index is 1040. The molecule has 7 nitrogen and oxygen atoms in total. The standard InChI is InChI=1S/C16H15N7/c1-9-5-6-23-14(21-22-15(23)17)13(9)10-3-4-12-11(7-10)8-19-16(18-2)20-12/h3-8H,1-2H3,(H2,17,22)(H,18,19,20). The smallest absolute Gasteiger partial charge is 0.226 e. The molecule has 0 amide bonds. The van der Waals surface area contributed by atoms with Crippen LogP contribution in [0, 0.1) is 6.92 Å². The molecule has 0 aliphatic heterocycles. The number of anilines is 2. The van der Waals surface area contributed by atoms with Crippen LogP contribution >= 0.6 is 0 Å². The van der Waals surface area contributed by atoms with Gasteiger partial charge in [0, 0.05) is 30.4 Å². The van der Waals surface area contributed by atoms with E-state index in [0.717, 1.165) is 33.2 Å². The monoisotopic (exact) mass is 305 g/mol. The van der Waals surface area contributed by atoms with E-state index in [-0.39, 0.29) is 0 Å². The SMILES string of the molecule is CNc1ncc2cc(-c3c(C)ccn4c(N)nnc34)ccc2n1. The highest BCUT2D eigenvalue weighted by Crippen LogP contribution is 2.30. The zero-order valence-electron chi connectivity index (χ0n) is 12.8. The Morgan fingerprint density at radius 1 is 1.17 bits per heavy atom. The first kappa shape index (κ1) is 13.4. The molecule has 4 rings (SSSR count). The van der Waals surface area contributed by atoms with Crippen LogP contribution in [0.15, 0.2) is 36.7 Å². The summed E-state index contributed by atoms with van der Waals surface area (Å²) in [6.07, 6.45) is 3.69. The molecular weight excluding hydrogens is 290 g/mol. The molecule has 0 spiro atoms. The summed E-state index contributed by atoms with van der Waals surface area (Å²) in [7, 11) is 1.80. The molecule has 3 N–H and O–H groups in total. The van der Waals surface area contributed by atoms with E-state index in [0.29, 0.717) is 11.9 Å². The third kappa shape index (κ3) is 2.05. The van der Waals surface area contributed by atoms with Crippen molar-refractivity contribution in [2.45, 2.75) is 6.92 Å². The fourth-order valence-corrected chi connectivity index (χ4v) is 2.73. The van der Waals surface area contributed by atoms with E-state index in [1.165, 1.54) is 0 Å². The Morgan fingerprint density at radius 2 is 2.04 bits per heavy atom. The van der Waals surface area contributed by atoms with Gasteiger partial charge < -0.3 is 11.1 Å². The molecular formula is C16H15N7. The summed E-state index contributed by atoms with van der Waals surface area (Å²) in [6, 6.07) is 8.08. The number of nitrogens with one attached hydrogen (secondary N) is 1. The van der Waals surface area contributed by atoms with Crippen molar-refractivity contribution in [1.82, 2.24) is 24.6 Å². The molecule has 0 atom stereocenters. The lowest BCUT2D eigenvalue weighted by atomic mass is 10.0. The number of nitrogens with zero attached hydrogens (tertiary/aromatic N) is 5. The Labute approximate surface area is 132 Å². The first-order chi connectivity index (χ1) is 11.2. The second-order valence-electron chi connectivity index (χ2n) is 5.34. The summed E-state index contributed by atoms with van der Waals surface area (Å²) in [5.41, 5.74) is 10.6. The van der Waals surface area contributed by atoms with Gasteiger partial charge in [0.2, 0.25) is 11.9 Å². The molecule has 0 saturated heterocycles. The van der Waals surface area contributed by atoms with Crippen molar-refractivity contribution in [3.05, 3.63) is 42.2 Å². The van der Waals surface area contributed by atoms with Gasteiger partial charge in [0.05, 0.1) is 5.52 Å². The minimum absolute atomic E-state index is 0.379. The van der Waals surface area contributed by atoms with Crippen LogP contribution in [0.25, 0.3) is 27.7 Å². The van der Waals surface area contributed by atoms with Crippen LogP contribution < -0.4 is 11.1 Å². The van der Waals surface area contributed by atoms with Gasteiger partial charge in [-0.05, 0) is 36.2 Å². The van der Waals surface area contributed by atoms with Crippen molar-refractivity contribution in [3.8, 4) is 11.1 Å². The van der Waals surface area contributed by atoms with Crippen LogP contribution in [0.5, 0.6) is 0 Å². The molecule has 0 unspecified atom stereocenters. The minimum atomic E-state index is 0.379. The lowest BCUT2D eigenvalue weighted by molar-refractivity contribution is 1.12. The second kappa shape index (κ2) is 4.91. The maximum Gasteiger partial charge on any atom is 0.226 e. The van der Waals surface area contributed by atoms with Crippen molar-refractivity contribution >= 4 is 28.4 Å². The number of pyridine rings is 1. The van der Waals surface area contributed by atoms with Crippen molar-refractivity contribution < 1.29 is 0 Å². The van der Waals surface area contributed by atoms with Crippen molar-refractivity contribution in [2.24, 2.45) is 0 Å². The zero-order chi connectivity index (χ0) is 16.0. The number of rotatable bonds is 2. The molecule has 3 aromatic heterocycles. The van der Waals surface area contributed by atoms with Crippen LogP contribution in [0.3, 0.4) is 0 Å². The fourth-order valence-electron chi connectivity index (χ4n) is 2.73. The maximum atomic E-state index is 5.86. The number of aryl methyl sites for hydroxylation is 1. The van der Waals surface area contributed by atoms with E-state index < -0.39 is 0 Å². The van der Waals surface area contributed by atoms with Gasteiger partial charge in [0.1, 0.15) is 0 Å². The van der Waals surface area contributed by atoms with Gasteiger partial charge in [-0.1, -0.05) is 6.07 Å². The average Bonchev–Trinajstić information content (AvgIpc) is 2.95. The summed E-state index contributed by atoms with van der Waals surface area (Å²) < 4.78 is 1.78. The van der Waals surface area contributed by atoms with E-state index >= 15 is 0 Å². The number of benzene rings is 1. The number of fused-ring (bicyclic) bond motifs is 2. The molecule has 0 radical (unpaired) electrons. The van der Waals surface area contributed by atoms with E-state index in [9.17, 15) is 0 Å². The highest BCUT2D eigenvalue weighted by molar-refractivity contribution is 5.89. The van der Waals surface area contributed by atoms with Gasteiger partial charge in [-0.2, -0.15) is 0 Å². The molecule has 0 aliphatic carbocycles. The van der Waals surface area contributed by atoms with Crippen LogP contribution in [0.2, 0.25) is 0 Å². The molecule has 23 heavy (non-hydrogen) atoms. The third-order valence-electron chi connectivity index (χ3n) is 3.91. The van der Waals surface area contributed by atoms with Gasteiger partial charge in [0.25, 0.3) is 0 Å². The second-order valence-corrected chi connectivity index (χ2v) is 5.34. The lowest BCUT2D eigenvalue weighted by Gasteiger charge is -2.09. The number of nitrogen functional groups attached to an aromatic ring is 1. The molecule has 0 bridgehead atoms. The summed E-state index contributed by atoms with van der Waals surface area (Å²) in [5, 5.41) is 12.1. The molecule has 0 saturated carbocycles. The summed E-state index contributed by atoms with van der Waals surface area (Å²) in [5.74, 6) is 0.984. The van der Waals surface area contributed by atoms with Gasteiger partial charge in [-0.25, -0.2) is 9.97 Å². The predicted molar refractivity (Wildman–Crippen MR) is 90.2 cm³/mol. The normalized spacial score (nSPS) is 11.2. The number of aromatic nitrogens is 5. The average molecular weight is 305 g/mol. The van der Waals surface area contributed by atoms with Crippen LogP contribution in [0.1, 0.15) is 5.56 Å². The first-order valence-electron chi connectivity index (χ1n) is 7.22. The first-order valence-corrected chi connectivity index (χ1v) is 7.22. The van der Waals surface area contributed by atoms with Crippen LogP contribution in [-0.4, -0.2) is 31.6 Å². The Morgan fingerprint density at radius 3 is 2.87 bits per heavy atom. The van der Waals surface area contributed by atoms with Crippen molar-refractivity contribution in [1.29, 1.82) is 0 Å². The Balaban J connectivity index is 1.97. The van der Waals surface area contributed by atoms with Gasteiger partial charge in [-0.3, -0.25) is 4.40 Å². The molecule has 4 aromatic rings. The third-order valence-corrected chi connectivity index (χ3v) is 3.91. The number of nitrogens with two attached hydrogens (primary N) is 1. The topological polar surface area (TPSA) is 94.0 Å². The van der Waals surface area contributed by atoms with E-state index in [1.807, 2.05) is 37.5 Å². The van der Waals surface area contributed by atoms with Crippen LogP contribution in [-0.2, 0) is 0 Å². The van der Waals surface area contributed by atoms with Crippen molar-refractivity contribution in [3.63, 3.8) is 0 Å². The molecule has 114 valence electrons. The van der Waals surface area contributed by atoms with E-state index in [4.69, 9.17) is 5.73 Å². The van der Waals surface area contributed by atoms with E-state index in [2.05, 4.69) is 31.5 Å².